The Labute approximate surface area is 154 Å². The second-order valence-corrected chi connectivity index (χ2v) is 9.61. The highest BCUT2D eigenvalue weighted by Crippen LogP contribution is 2.41. The van der Waals surface area contributed by atoms with Gasteiger partial charge >= 0.3 is 0 Å². The summed E-state index contributed by atoms with van der Waals surface area (Å²) in [6.07, 6.45) is 6.98. The summed E-state index contributed by atoms with van der Waals surface area (Å²) in [6, 6.07) is 0. The van der Waals surface area contributed by atoms with Gasteiger partial charge < -0.3 is 4.90 Å². The highest BCUT2D eigenvalue weighted by atomic mass is 32.1. The van der Waals surface area contributed by atoms with E-state index >= 15 is 0 Å². The van der Waals surface area contributed by atoms with Crippen LogP contribution >= 0.6 is 11.5 Å². The number of amides is 1. The summed E-state index contributed by atoms with van der Waals surface area (Å²) >= 11 is 1.56. The van der Waals surface area contributed by atoms with Gasteiger partial charge in [0.2, 0.25) is 5.91 Å². The molecule has 0 aromatic carbocycles. The molecule has 4 rings (SSSR count). The molecule has 1 aromatic heterocycles. The third kappa shape index (κ3) is 3.90. The van der Waals surface area contributed by atoms with Crippen LogP contribution in [-0.2, 0) is 11.3 Å². The summed E-state index contributed by atoms with van der Waals surface area (Å²) in [6.45, 7) is 9.64. The average Bonchev–Trinajstić information content (AvgIpc) is 3.27. The molecule has 0 N–H and O–H groups in total. The first-order chi connectivity index (χ1) is 12.0. The van der Waals surface area contributed by atoms with Gasteiger partial charge in [-0.05, 0) is 62.0 Å². The maximum Gasteiger partial charge on any atom is 0.222 e. The first kappa shape index (κ1) is 17.4. The van der Waals surface area contributed by atoms with Gasteiger partial charge in [0.05, 0.1) is 10.6 Å². The Bertz CT molecular complexity index is 627. The molecule has 1 spiro atoms. The van der Waals surface area contributed by atoms with Crippen molar-refractivity contribution in [1.29, 1.82) is 0 Å². The Balaban J connectivity index is 1.42. The highest BCUT2D eigenvalue weighted by Gasteiger charge is 2.42. The molecule has 3 heterocycles. The van der Waals surface area contributed by atoms with E-state index in [1.807, 2.05) is 0 Å². The number of hydrogen-bond donors (Lipinski definition) is 0. The second-order valence-electron chi connectivity index (χ2n) is 8.77. The van der Waals surface area contributed by atoms with Crippen molar-refractivity contribution in [1.82, 2.24) is 19.4 Å². The summed E-state index contributed by atoms with van der Waals surface area (Å²) in [5.74, 6) is 1.62. The monoisotopic (exact) mass is 362 g/mol. The maximum absolute atomic E-state index is 12.3. The third-order valence-electron chi connectivity index (χ3n) is 6.16. The topological polar surface area (TPSA) is 49.3 Å². The molecule has 3 aliphatic rings. The lowest BCUT2D eigenvalue weighted by Gasteiger charge is -2.48. The van der Waals surface area contributed by atoms with Crippen LogP contribution in [0.25, 0.3) is 0 Å². The minimum absolute atomic E-state index is 0.317. The molecular formula is C19H30N4OS. The predicted octanol–water partition coefficient (Wildman–Crippen LogP) is 3.28. The molecule has 1 aromatic rings. The average molecular weight is 363 g/mol. The second kappa shape index (κ2) is 6.95. The van der Waals surface area contributed by atoms with Crippen LogP contribution in [0.3, 0.4) is 0 Å². The Hall–Kier alpha value is -1.01. The number of nitrogens with zero attached hydrogens (tertiary/aromatic N) is 4. The van der Waals surface area contributed by atoms with Crippen molar-refractivity contribution in [3.05, 3.63) is 10.6 Å². The van der Waals surface area contributed by atoms with Gasteiger partial charge in [-0.25, -0.2) is 0 Å². The minimum atomic E-state index is 0.317. The molecule has 1 amide bonds. The van der Waals surface area contributed by atoms with E-state index in [-0.39, 0.29) is 0 Å². The summed E-state index contributed by atoms with van der Waals surface area (Å²) in [5, 5.41) is 4.34. The number of aromatic nitrogens is 2. The SMILES string of the molecule is CC(C)c1nnsc1CN1CCC[C@]2(CCC(=O)N(CC3CC3)C2)C1. The van der Waals surface area contributed by atoms with E-state index in [9.17, 15) is 4.79 Å². The Morgan fingerprint density at radius 2 is 2.12 bits per heavy atom. The molecule has 0 bridgehead atoms. The van der Waals surface area contributed by atoms with Crippen molar-refractivity contribution >= 4 is 17.4 Å². The molecule has 1 aliphatic carbocycles. The molecule has 5 nitrogen and oxygen atoms in total. The van der Waals surface area contributed by atoms with Crippen LogP contribution in [0.2, 0.25) is 0 Å². The van der Waals surface area contributed by atoms with E-state index < -0.39 is 0 Å². The van der Waals surface area contributed by atoms with E-state index in [4.69, 9.17) is 0 Å². The van der Waals surface area contributed by atoms with E-state index in [1.54, 1.807) is 11.5 Å². The van der Waals surface area contributed by atoms with Gasteiger partial charge in [0.25, 0.3) is 0 Å². The lowest BCUT2D eigenvalue weighted by Crippen LogP contribution is -2.54. The smallest absolute Gasteiger partial charge is 0.222 e. The summed E-state index contributed by atoms with van der Waals surface area (Å²) < 4.78 is 4.19. The van der Waals surface area contributed by atoms with Crippen molar-refractivity contribution in [2.45, 2.75) is 64.8 Å². The van der Waals surface area contributed by atoms with Gasteiger partial charge in [-0.2, -0.15) is 0 Å². The standard InChI is InChI=1S/C19H30N4OS/c1-14(2)18-16(25-21-20-18)11-22-9-3-7-19(12-22)8-6-17(24)23(13-19)10-15-4-5-15/h14-15H,3-13H2,1-2H3/t19-/m0/s1. The van der Waals surface area contributed by atoms with Gasteiger partial charge in [0, 0.05) is 38.0 Å². The number of carbonyl (C=O) groups excluding carboxylic acids is 1. The molecule has 0 unspecified atom stereocenters. The van der Waals surface area contributed by atoms with E-state index in [1.165, 1.54) is 36.3 Å². The summed E-state index contributed by atoms with van der Waals surface area (Å²) in [5.41, 5.74) is 1.48. The summed E-state index contributed by atoms with van der Waals surface area (Å²) in [7, 11) is 0. The zero-order valence-corrected chi connectivity index (χ0v) is 16.4. The van der Waals surface area contributed by atoms with Gasteiger partial charge in [0.1, 0.15) is 0 Å². The van der Waals surface area contributed by atoms with Gasteiger partial charge in [-0.15, -0.1) is 5.10 Å². The molecule has 138 valence electrons. The van der Waals surface area contributed by atoms with Crippen LogP contribution in [0.5, 0.6) is 0 Å². The Morgan fingerprint density at radius 3 is 2.88 bits per heavy atom. The zero-order valence-electron chi connectivity index (χ0n) is 15.5. The van der Waals surface area contributed by atoms with Crippen molar-refractivity contribution in [2.24, 2.45) is 11.3 Å². The van der Waals surface area contributed by atoms with Crippen molar-refractivity contribution < 1.29 is 4.79 Å². The number of piperidine rings is 2. The molecular weight excluding hydrogens is 332 g/mol. The third-order valence-corrected chi connectivity index (χ3v) is 6.89. The number of rotatable bonds is 5. The molecule has 1 saturated carbocycles. The number of carbonyl (C=O) groups is 1. The first-order valence-electron chi connectivity index (χ1n) is 9.86. The van der Waals surface area contributed by atoms with Crippen molar-refractivity contribution in [3.8, 4) is 0 Å². The lowest BCUT2D eigenvalue weighted by atomic mass is 9.73. The minimum Gasteiger partial charge on any atom is -0.342 e. The molecule has 1 atom stereocenters. The fourth-order valence-electron chi connectivity index (χ4n) is 4.63. The fraction of sp³-hybridized carbons (Fsp3) is 0.842. The zero-order chi connectivity index (χ0) is 17.4. The summed E-state index contributed by atoms with van der Waals surface area (Å²) in [4.78, 5) is 18.5. The van der Waals surface area contributed by atoms with E-state index in [0.29, 0.717) is 17.2 Å². The van der Waals surface area contributed by atoms with Crippen LogP contribution < -0.4 is 0 Å². The Morgan fingerprint density at radius 1 is 1.28 bits per heavy atom. The quantitative estimate of drug-likeness (QED) is 0.807. The van der Waals surface area contributed by atoms with Gasteiger partial charge in [-0.3, -0.25) is 9.69 Å². The van der Waals surface area contributed by atoms with Crippen LogP contribution in [0.15, 0.2) is 0 Å². The molecule has 3 fully saturated rings. The van der Waals surface area contributed by atoms with E-state index in [0.717, 1.165) is 51.5 Å². The molecule has 6 heteroatoms. The van der Waals surface area contributed by atoms with Crippen LogP contribution in [0, 0.1) is 11.3 Å². The van der Waals surface area contributed by atoms with Crippen molar-refractivity contribution in [3.63, 3.8) is 0 Å². The fourth-order valence-corrected chi connectivity index (χ4v) is 5.46. The first-order valence-corrected chi connectivity index (χ1v) is 10.6. The van der Waals surface area contributed by atoms with Crippen LogP contribution in [0.1, 0.15) is 68.9 Å². The maximum atomic E-state index is 12.3. The Kier molecular flexibility index (Phi) is 4.84. The molecule has 0 radical (unpaired) electrons. The highest BCUT2D eigenvalue weighted by molar-refractivity contribution is 7.05. The largest absolute Gasteiger partial charge is 0.342 e. The van der Waals surface area contributed by atoms with Crippen LogP contribution in [0.4, 0.5) is 0 Å². The van der Waals surface area contributed by atoms with Gasteiger partial charge in [0.15, 0.2) is 0 Å². The normalized spacial score (nSPS) is 28.3. The number of hydrogen-bond acceptors (Lipinski definition) is 5. The van der Waals surface area contributed by atoms with Crippen LogP contribution in [-0.4, -0.2) is 51.5 Å². The molecule has 2 saturated heterocycles. The van der Waals surface area contributed by atoms with Gasteiger partial charge in [-0.1, -0.05) is 18.3 Å². The molecule has 25 heavy (non-hydrogen) atoms. The lowest BCUT2D eigenvalue weighted by molar-refractivity contribution is -0.139. The van der Waals surface area contributed by atoms with Crippen molar-refractivity contribution in [2.75, 3.05) is 26.2 Å². The van der Waals surface area contributed by atoms with E-state index in [2.05, 4.69) is 33.2 Å². The predicted molar refractivity (Wildman–Crippen MR) is 99.5 cm³/mol. The molecule has 2 aliphatic heterocycles. The number of likely N-dealkylation sites (tertiary alicyclic amines) is 2.